The molecule has 2 bridgehead atoms. The van der Waals surface area contributed by atoms with Gasteiger partial charge in [0.05, 0.1) is 24.2 Å². The molecule has 5 nitrogen and oxygen atoms in total. The van der Waals surface area contributed by atoms with Crippen molar-refractivity contribution >= 4 is 5.78 Å². The maximum absolute atomic E-state index is 13.3. The fraction of sp³-hybridized carbons (Fsp3) is 0.762. The normalized spacial score (nSPS) is 60.3. The zero-order valence-corrected chi connectivity index (χ0v) is 15.1. The molecule has 0 unspecified atom stereocenters. The van der Waals surface area contributed by atoms with Gasteiger partial charge < -0.3 is 20.1 Å². The van der Waals surface area contributed by atoms with Crippen molar-refractivity contribution in [1.29, 1.82) is 0 Å². The minimum atomic E-state index is -1.52. The molecule has 0 radical (unpaired) electrons. The van der Waals surface area contributed by atoms with Gasteiger partial charge in [-0.05, 0) is 37.7 Å². The number of hydrogen-bond acceptors (Lipinski definition) is 5. The van der Waals surface area contributed by atoms with Crippen molar-refractivity contribution in [2.75, 3.05) is 6.61 Å². The van der Waals surface area contributed by atoms with Crippen LogP contribution in [0.25, 0.3) is 0 Å². The third kappa shape index (κ3) is 1.47. The monoisotopic (exact) mass is 358 g/mol. The first kappa shape index (κ1) is 16.9. The highest BCUT2D eigenvalue weighted by Crippen LogP contribution is 2.75. The predicted molar refractivity (Wildman–Crippen MR) is 92.4 cm³/mol. The zero-order chi connectivity index (χ0) is 18.7. The van der Waals surface area contributed by atoms with E-state index in [1.807, 2.05) is 6.92 Å². The molecule has 5 heteroatoms. The molecule has 4 aliphatic carbocycles. The molecule has 0 aromatic carbocycles. The van der Waals surface area contributed by atoms with E-state index in [9.17, 15) is 20.1 Å². The van der Waals surface area contributed by atoms with Gasteiger partial charge in [0.25, 0.3) is 0 Å². The van der Waals surface area contributed by atoms with Gasteiger partial charge in [-0.15, -0.1) is 6.42 Å². The SMILES string of the molecule is C#C[C@]1(C)CCC[C@]23CO[C@]4(O)C[C@H]5C(=C)C(=O)[C@]([C@H](O)C[C@@H]21)([C@@H]5O)[C@H]34. The first-order chi connectivity index (χ1) is 12.2. The highest BCUT2D eigenvalue weighted by Gasteiger charge is 2.83. The Hall–Kier alpha value is -1.19. The minimum absolute atomic E-state index is 0.0567. The van der Waals surface area contributed by atoms with E-state index < -0.39 is 46.1 Å². The maximum atomic E-state index is 13.3. The fourth-order valence-corrected chi connectivity index (χ4v) is 7.77. The van der Waals surface area contributed by atoms with Crippen LogP contribution in [0.4, 0.5) is 0 Å². The summed E-state index contributed by atoms with van der Waals surface area (Å²) < 4.78 is 6.00. The van der Waals surface area contributed by atoms with E-state index in [4.69, 9.17) is 11.2 Å². The predicted octanol–water partition coefficient (Wildman–Crippen LogP) is 1.02. The van der Waals surface area contributed by atoms with Crippen molar-refractivity contribution in [2.24, 2.45) is 34.0 Å². The maximum Gasteiger partial charge on any atom is 0.170 e. The Kier molecular flexibility index (Phi) is 3.01. The van der Waals surface area contributed by atoms with Gasteiger partial charge in [-0.2, -0.15) is 0 Å². The molecule has 1 heterocycles. The van der Waals surface area contributed by atoms with Crippen LogP contribution in [0.5, 0.6) is 0 Å². The second-order valence-corrected chi connectivity index (χ2v) is 9.56. The number of fused-ring (bicyclic) bond motifs is 1. The molecule has 4 saturated carbocycles. The summed E-state index contributed by atoms with van der Waals surface area (Å²) in [5.74, 6) is -0.139. The summed E-state index contributed by atoms with van der Waals surface area (Å²) >= 11 is 0. The molecule has 3 N–H and O–H groups in total. The Labute approximate surface area is 153 Å². The van der Waals surface area contributed by atoms with Crippen LogP contribution in [0.1, 0.15) is 39.0 Å². The van der Waals surface area contributed by atoms with Crippen molar-refractivity contribution in [3.8, 4) is 12.3 Å². The second-order valence-electron chi connectivity index (χ2n) is 9.56. The lowest BCUT2D eigenvalue weighted by Gasteiger charge is -2.64. The van der Waals surface area contributed by atoms with Crippen molar-refractivity contribution in [3.63, 3.8) is 0 Å². The van der Waals surface area contributed by atoms with Gasteiger partial charge >= 0.3 is 0 Å². The Bertz CT molecular complexity index is 769. The first-order valence-electron chi connectivity index (χ1n) is 9.61. The summed E-state index contributed by atoms with van der Waals surface area (Å²) in [7, 11) is 0. The fourth-order valence-electron chi connectivity index (χ4n) is 7.77. The van der Waals surface area contributed by atoms with Crippen LogP contribution in [-0.4, -0.2) is 45.7 Å². The van der Waals surface area contributed by atoms with E-state index >= 15 is 0 Å². The van der Waals surface area contributed by atoms with Gasteiger partial charge in [0.1, 0.15) is 0 Å². The van der Waals surface area contributed by atoms with E-state index in [1.54, 1.807) is 0 Å². The number of aliphatic hydroxyl groups excluding tert-OH is 2. The number of aliphatic hydroxyl groups is 3. The van der Waals surface area contributed by atoms with Gasteiger partial charge in [-0.25, -0.2) is 0 Å². The van der Waals surface area contributed by atoms with Crippen LogP contribution in [0, 0.1) is 46.3 Å². The second kappa shape index (κ2) is 4.62. The molecule has 5 rings (SSSR count). The standard InChI is InChI=1S/C21H26O5/c1-4-18(3)6-5-7-19-10-26-20(25)9-12-11(2)15(23)21(16(12)24,17(19)20)14(22)8-13(18)19/h1,12-14,16-17,22,24-25H,2,5-10H2,3H3/t12-,13+,14+,16+,17+,18+,19-,20+,21+/m0/s1. The number of hydrogen-bond donors (Lipinski definition) is 3. The van der Waals surface area contributed by atoms with Gasteiger partial charge in [-0.1, -0.05) is 18.9 Å². The molecule has 1 aliphatic heterocycles. The average molecular weight is 358 g/mol. The van der Waals surface area contributed by atoms with Crippen LogP contribution < -0.4 is 0 Å². The Morgan fingerprint density at radius 1 is 1.35 bits per heavy atom. The lowest BCUT2D eigenvalue weighted by atomic mass is 9.39. The molecular weight excluding hydrogens is 332 g/mol. The number of carbonyl (C=O) groups excluding carboxylic acids is 1. The topological polar surface area (TPSA) is 87.0 Å². The number of Topliss-reactive ketones (excluding diaryl/α,β-unsaturated/α-hetero) is 1. The van der Waals surface area contributed by atoms with Crippen LogP contribution in [0.15, 0.2) is 12.2 Å². The van der Waals surface area contributed by atoms with E-state index in [0.29, 0.717) is 18.6 Å². The first-order valence-corrected chi connectivity index (χ1v) is 9.61. The van der Waals surface area contributed by atoms with Crippen LogP contribution in [-0.2, 0) is 9.53 Å². The van der Waals surface area contributed by atoms with Gasteiger partial charge in [0.2, 0.25) is 0 Å². The van der Waals surface area contributed by atoms with E-state index in [-0.39, 0.29) is 18.1 Å². The van der Waals surface area contributed by atoms with E-state index in [0.717, 1.165) is 19.3 Å². The van der Waals surface area contributed by atoms with Crippen LogP contribution >= 0.6 is 0 Å². The summed E-state index contributed by atoms with van der Waals surface area (Å²) in [4.78, 5) is 13.3. The molecule has 140 valence electrons. The summed E-state index contributed by atoms with van der Waals surface area (Å²) in [6.07, 6.45) is 6.84. The summed E-state index contributed by atoms with van der Waals surface area (Å²) in [5.41, 5.74) is -2.03. The third-order valence-electron chi connectivity index (χ3n) is 8.75. The number of rotatable bonds is 0. The molecular formula is C21H26O5. The lowest BCUT2D eigenvalue weighted by Crippen LogP contribution is -2.71. The number of terminal acetylenes is 1. The number of ether oxygens (including phenoxy) is 1. The Balaban J connectivity index is 1.78. The van der Waals surface area contributed by atoms with E-state index in [1.165, 1.54) is 0 Å². The highest BCUT2D eigenvalue weighted by molar-refractivity contribution is 6.04. The summed E-state index contributed by atoms with van der Waals surface area (Å²) in [6, 6.07) is 0. The summed E-state index contributed by atoms with van der Waals surface area (Å²) in [5, 5.41) is 33.8. The van der Waals surface area contributed by atoms with Gasteiger partial charge in [-0.3, -0.25) is 4.79 Å². The largest absolute Gasteiger partial charge is 0.392 e. The molecule has 0 aromatic rings. The van der Waals surface area contributed by atoms with Gasteiger partial charge in [0.15, 0.2) is 11.6 Å². The molecule has 26 heavy (non-hydrogen) atoms. The zero-order valence-electron chi connectivity index (χ0n) is 15.1. The van der Waals surface area contributed by atoms with Crippen molar-refractivity contribution in [1.82, 2.24) is 0 Å². The molecule has 5 aliphatic rings. The Morgan fingerprint density at radius 2 is 2.08 bits per heavy atom. The average Bonchev–Trinajstić information content (AvgIpc) is 2.96. The quantitative estimate of drug-likeness (QED) is 0.445. The summed E-state index contributed by atoms with van der Waals surface area (Å²) in [6.45, 7) is 6.25. The third-order valence-corrected chi connectivity index (χ3v) is 8.75. The van der Waals surface area contributed by atoms with Crippen molar-refractivity contribution in [2.45, 2.75) is 57.0 Å². The molecule has 2 spiro atoms. The molecule has 5 fully saturated rings. The van der Waals surface area contributed by atoms with Crippen LogP contribution in [0.3, 0.4) is 0 Å². The van der Waals surface area contributed by atoms with Gasteiger partial charge in [0, 0.05) is 29.1 Å². The van der Waals surface area contributed by atoms with Crippen molar-refractivity contribution in [3.05, 3.63) is 12.2 Å². The number of carbonyl (C=O) groups is 1. The molecule has 0 aromatic heterocycles. The van der Waals surface area contributed by atoms with E-state index in [2.05, 4.69) is 12.5 Å². The number of ketones is 1. The van der Waals surface area contributed by atoms with Crippen molar-refractivity contribution < 1.29 is 24.9 Å². The highest BCUT2D eigenvalue weighted by atomic mass is 16.6. The lowest BCUT2D eigenvalue weighted by molar-refractivity contribution is -0.292. The van der Waals surface area contributed by atoms with Crippen LogP contribution in [0.2, 0.25) is 0 Å². The molecule has 0 amide bonds. The smallest absolute Gasteiger partial charge is 0.170 e. The molecule has 1 saturated heterocycles. The Morgan fingerprint density at radius 3 is 2.77 bits per heavy atom. The molecule has 9 atom stereocenters. The minimum Gasteiger partial charge on any atom is -0.392 e.